The molecule has 0 aliphatic carbocycles. The second kappa shape index (κ2) is 9.61. The number of nitrogens with zero attached hydrogens (tertiary/aromatic N) is 2. The van der Waals surface area contributed by atoms with E-state index in [0.717, 1.165) is 58.5 Å². The van der Waals surface area contributed by atoms with Crippen molar-refractivity contribution < 1.29 is 13.9 Å². The number of anilines is 1. The number of ether oxygens (including phenoxy) is 1. The maximum atomic E-state index is 14.3. The number of hydrogen-bond acceptors (Lipinski definition) is 3. The molecule has 0 bridgehead atoms. The number of nitrogens with two attached hydrogens (primary N) is 1. The number of benzene rings is 3. The molecule has 3 aromatic carbocycles. The minimum Gasteiger partial charge on any atom is -0.491 e. The fourth-order valence-electron chi connectivity index (χ4n) is 5.06. The summed E-state index contributed by atoms with van der Waals surface area (Å²) < 4.78 is 20.3. The van der Waals surface area contributed by atoms with Gasteiger partial charge in [0.2, 0.25) is 0 Å². The lowest BCUT2D eigenvalue weighted by Gasteiger charge is -2.39. The molecular weight excluding hydrogens is 441 g/mol. The van der Waals surface area contributed by atoms with Crippen LogP contribution in [0.1, 0.15) is 47.6 Å². The van der Waals surface area contributed by atoms with Crippen LogP contribution in [0.5, 0.6) is 5.75 Å². The summed E-state index contributed by atoms with van der Waals surface area (Å²) in [6.07, 6.45) is 2.82. The minimum absolute atomic E-state index is 0.0166. The summed E-state index contributed by atoms with van der Waals surface area (Å²) in [5.74, 6) is 0.585. The Morgan fingerprint density at radius 3 is 2.54 bits per heavy atom. The first kappa shape index (κ1) is 23.2. The highest BCUT2D eigenvalue weighted by Crippen LogP contribution is 2.35. The van der Waals surface area contributed by atoms with Crippen LogP contribution in [-0.4, -0.2) is 35.5 Å². The van der Waals surface area contributed by atoms with Gasteiger partial charge in [0.1, 0.15) is 18.2 Å². The van der Waals surface area contributed by atoms with E-state index in [1.807, 2.05) is 47.1 Å². The number of carbonyl (C=O) groups is 1. The summed E-state index contributed by atoms with van der Waals surface area (Å²) in [7, 11) is 0. The summed E-state index contributed by atoms with van der Waals surface area (Å²) in [5, 5.41) is 0. The fraction of sp³-hybridized carbons (Fsp3) is 0.345. The Bertz CT molecular complexity index is 1260. The number of likely N-dealkylation sites (tertiary alicyclic amines) is 1. The molecule has 35 heavy (non-hydrogen) atoms. The molecule has 2 amide bonds. The third kappa shape index (κ3) is 4.70. The number of fused-ring (bicyclic) bond motifs is 1. The van der Waals surface area contributed by atoms with E-state index in [4.69, 9.17) is 10.5 Å². The Hall–Kier alpha value is -3.54. The molecule has 0 radical (unpaired) electrons. The number of hydrogen-bond donors (Lipinski definition) is 1. The van der Waals surface area contributed by atoms with E-state index < -0.39 is 0 Å². The highest BCUT2D eigenvalue weighted by Gasteiger charge is 2.32. The van der Waals surface area contributed by atoms with Crippen molar-refractivity contribution in [1.29, 1.82) is 0 Å². The smallest absolute Gasteiger partial charge is 0.320 e. The van der Waals surface area contributed by atoms with Crippen LogP contribution in [0.25, 0.3) is 11.1 Å². The van der Waals surface area contributed by atoms with Gasteiger partial charge in [0.25, 0.3) is 0 Å². The predicted octanol–water partition coefficient (Wildman–Crippen LogP) is 6.23. The van der Waals surface area contributed by atoms with E-state index in [2.05, 4.69) is 12.1 Å². The third-order valence-electron chi connectivity index (χ3n) is 7.25. The van der Waals surface area contributed by atoms with Gasteiger partial charge in [-0.15, -0.1) is 0 Å². The van der Waals surface area contributed by atoms with E-state index >= 15 is 0 Å². The first-order chi connectivity index (χ1) is 16.9. The molecule has 3 aromatic rings. The van der Waals surface area contributed by atoms with Crippen molar-refractivity contribution >= 4 is 11.7 Å². The number of nitrogen functional groups attached to an aromatic ring is 1. The fourth-order valence-corrected chi connectivity index (χ4v) is 5.06. The number of rotatable bonds is 2. The van der Waals surface area contributed by atoms with Crippen LogP contribution in [0.2, 0.25) is 0 Å². The first-order valence-electron chi connectivity index (χ1n) is 12.3. The highest BCUT2D eigenvalue weighted by atomic mass is 19.1. The van der Waals surface area contributed by atoms with Gasteiger partial charge in [-0.05, 0) is 85.2 Å². The SMILES string of the molecule is Cc1ccc(-c2ccc3c(c2)CN(C(=O)N2CCCCC2c2ccc(C)c(F)c2)CCO3)cc1N. The van der Waals surface area contributed by atoms with Gasteiger partial charge in [-0.1, -0.05) is 30.3 Å². The number of urea groups is 1. The molecule has 2 N–H and O–H groups in total. The number of amides is 2. The molecule has 5 nitrogen and oxygen atoms in total. The maximum Gasteiger partial charge on any atom is 0.320 e. The van der Waals surface area contributed by atoms with Crippen LogP contribution in [0, 0.1) is 19.7 Å². The number of halogens is 1. The molecular formula is C29H32FN3O2. The maximum absolute atomic E-state index is 14.3. The van der Waals surface area contributed by atoms with E-state index in [9.17, 15) is 9.18 Å². The van der Waals surface area contributed by atoms with Crippen LogP contribution in [0.15, 0.2) is 54.6 Å². The molecule has 2 aliphatic rings. The van der Waals surface area contributed by atoms with Gasteiger partial charge in [-0.2, -0.15) is 0 Å². The van der Waals surface area contributed by atoms with Gasteiger partial charge in [0, 0.05) is 17.8 Å². The largest absolute Gasteiger partial charge is 0.491 e. The van der Waals surface area contributed by atoms with Crippen molar-refractivity contribution in [2.75, 3.05) is 25.4 Å². The van der Waals surface area contributed by atoms with Crippen LogP contribution in [-0.2, 0) is 6.54 Å². The molecule has 5 rings (SSSR count). The summed E-state index contributed by atoms with van der Waals surface area (Å²) in [6.45, 7) is 5.84. The Morgan fingerprint density at radius 1 is 0.971 bits per heavy atom. The molecule has 2 aliphatic heterocycles. The normalized spacial score (nSPS) is 18.0. The Kier molecular flexibility index (Phi) is 6.37. The number of aryl methyl sites for hydroxylation is 2. The van der Waals surface area contributed by atoms with Gasteiger partial charge < -0.3 is 20.3 Å². The van der Waals surface area contributed by atoms with Crippen LogP contribution in [0.3, 0.4) is 0 Å². The summed E-state index contributed by atoms with van der Waals surface area (Å²) >= 11 is 0. The van der Waals surface area contributed by atoms with E-state index in [-0.39, 0.29) is 17.9 Å². The minimum atomic E-state index is -0.221. The summed E-state index contributed by atoms with van der Waals surface area (Å²) in [4.78, 5) is 17.6. The summed E-state index contributed by atoms with van der Waals surface area (Å²) in [5.41, 5.74) is 12.5. The van der Waals surface area contributed by atoms with Crippen LogP contribution >= 0.6 is 0 Å². The average molecular weight is 474 g/mol. The lowest BCUT2D eigenvalue weighted by atomic mass is 9.94. The topological polar surface area (TPSA) is 58.8 Å². The number of piperidine rings is 1. The van der Waals surface area contributed by atoms with Gasteiger partial charge in [-0.25, -0.2) is 9.18 Å². The first-order valence-corrected chi connectivity index (χ1v) is 12.3. The zero-order chi connectivity index (χ0) is 24.5. The van der Waals surface area contributed by atoms with E-state index in [1.165, 1.54) is 0 Å². The average Bonchev–Trinajstić information content (AvgIpc) is 3.09. The molecule has 0 aromatic heterocycles. The van der Waals surface area contributed by atoms with Crippen molar-refractivity contribution in [2.24, 2.45) is 0 Å². The van der Waals surface area contributed by atoms with Gasteiger partial charge in [0.05, 0.1) is 19.1 Å². The molecule has 0 saturated carbocycles. The summed E-state index contributed by atoms with van der Waals surface area (Å²) in [6, 6.07) is 17.4. The van der Waals surface area contributed by atoms with E-state index in [1.54, 1.807) is 19.1 Å². The predicted molar refractivity (Wildman–Crippen MR) is 137 cm³/mol. The molecule has 182 valence electrons. The third-order valence-corrected chi connectivity index (χ3v) is 7.25. The molecule has 1 atom stereocenters. The Morgan fingerprint density at radius 2 is 1.74 bits per heavy atom. The monoisotopic (exact) mass is 473 g/mol. The van der Waals surface area contributed by atoms with Crippen LogP contribution in [0.4, 0.5) is 14.9 Å². The second-order valence-electron chi connectivity index (χ2n) is 9.66. The molecule has 1 fully saturated rings. The lowest BCUT2D eigenvalue weighted by molar-refractivity contribution is 0.110. The van der Waals surface area contributed by atoms with Crippen molar-refractivity contribution in [1.82, 2.24) is 9.80 Å². The van der Waals surface area contributed by atoms with Crippen molar-refractivity contribution in [2.45, 2.75) is 45.7 Å². The van der Waals surface area contributed by atoms with Crippen molar-refractivity contribution in [3.05, 3.63) is 82.7 Å². The van der Waals surface area contributed by atoms with Crippen molar-refractivity contribution in [3.63, 3.8) is 0 Å². The molecule has 1 saturated heterocycles. The van der Waals surface area contributed by atoms with Gasteiger partial charge in [0.15, 0.2) is 0 Å². The van der Waals surface area contributed by atoms with Crippen LogP contribution < -0.4 is 10.5 Å². The molecule has 1 unspecified atom stereocenters. The highest BCUT2D eigenvalue weighted by molar-refractivity contribution is 5.76. The van der Waals surface area contributed by atoms with Gasteiger partial charge in [-0.3, -0.25) is 0 Å². The molecule has 6 heteroatoms. The standard InChI is InChI=1S/C29H32FN3O2/c1-19-6-9-23(16-25(19)30)27-5-3-4-12-33(27)29(34)32-13-14-35-28-11-10-21(15-24(28)18-32)22-8-7-20(2)26(31)17-22/h6-11,15-17,27H,3-5,12-14,18,31H2,1-2H3. The Labute approximate surface area is 206 Å². The zero-order valence-corrected chi connectivity index (χ0v) is 20.4. The van der Waals surface area contributed by atoms with Gasteiger partial charge >= 0.3 is 6.03 Å². The number of carbonyl (C=O) groups excluding carboxylic acids is 1. The lowest BCUT2D eigenvalue weighted by Crippen LogP contribution is -2.47. The molecule has 0 spiro atoms. The quantitative estimate of drug-likeness (QED) is 0.449. The van der Waals surface area contributed by atoms with E-state index in [0.29, 0.717) is 31.8 Å². The zero-order valence-electron chi connectivity index (χ0n) is 20.4. The molecule has 2 heterocycles. The van der Waals surface area contributed by atoms with Crippen molar-refractivity contribution in [3.8, 4) is 16.9 Å². The second-order valence-corrected chi connectivity index (χ2v) is 9.66. The Balaban J connectivity index is 1.41.